The highest BCUT2D eigenvalue weighted by Crippen LogP contribution is 2.26. The Labute approximate surface area is 91.4 Å². The summed E-state index contributed by atoms with van der Waals surface area (Å²) in [6.07, 6.45) is 5.28. The first kappa shape index (κ1) is 9.81. The molecule has 0 aliphatic rings. The fourth-order valence-electron chi connectivity index (χ4n) is 1.52. The average Bonchev–Trinajstić information content (AvgIpc) is 2.56. The Hall–Kier alpha value is -1.73. The monoisotopic (exact) mass is 218 g/mol. The van der Waals surface area contributed by atoms with E-state index in [0.717, 1.165) is 16.0 Å². The van der Waals surface area contributed by atoms with Crippen molar-refractivity contribution in [2.45, 2.75) is 6.54 Å². The van der Waals surface area contributed by atoms with E-state index in [-0.39, 0.29) is 0 Å². The first-order valence-electron chi connectivity index (χ1n) is 4.42. The molecule has 1 aromatic heterocycles. The molecule has 3 nitrogen and oxygen atoms in total. The zero-order valence-corrected chi connectivity index (χ0v) is 9.10. The molecule has 15 heavy (non-hydrogen) atoms. The first-order valence-corrected chi connectivity index (χ1v) is 5.24. The number of thiazole rings is 1. The molecule has 0 unspecified atom stereocenters. The highest BCUT2D eigenvalue weighted by atomic mass is 32.1. The molecular weight excluding hydrogens is 208 g/mol. The van der Waals surface area contributed by atoms with Gasteiger partial charge in [-0.05, 0) is 12.1 Å². The molecule has 0 saturated carbocycles. The molecular formula is C11H10N2OS. The lowest BCUT2D eigenvalue weighted by Gasteiger charge is -2.04. The number of nitrogens with one attached hydrogen (secondary N) is 1. The van der Waals surface area contributed by atoms with Crippen LogP contribution < -0.4 is 9.54 Å². The number of hydrogen-bond donors (Lipinski definition) is 1. The Kier molecular flexibility index (Phi) is 2.48. The fourth-order valence-corrected chi connectivity index (χ4v) is 2.45. The van der Waals surface area contributed by atoms with E-state index >= 15 is 0 Å². The Balaban J connectivity index is 2.84. The van der Waals surface area contributed by atoms with E-state index in [0.29, 0.717) is 11.3 Å². The van der Waals surface area contributed by atoms with Crippen LogP contribution in [0.15, 0.2) is 18.2 Å². The molecule has 0 radical (unpaired) electrons. The molecule has 0 aliphatic carbocycles. The summed E-state index contributed by atoms with van der Waals surface area (Å²) in [5, 5.41) is 7.80. The van der Waals surface area contributed by atoms with Gasteiger partial charge < -0.3 is 9.30 Å². The number of benzene rings is 1. The molecule has 1 heterocycles. The minimum Gasteiger partial charge on any atom is -0.495 e. The van der Waals surface area contributed by atoms with Gasteiger partial charge in [0.1, 0.15) is 11.3 Å². The summed E-state index contributed by atoms with van der Waals surface area (Å²) in [5.41, 5.74) is 0.910. The zero-order valence-electron chi connectivity index (χ0n) is 8.28. The van der Waals surface area contributed by atoms with Crippen molar-refractivity contribution < 1.29 is 4.74 Å². The molecule has 4 heteroatoms. The Bertz CT molecular complexity index is 589. The van der Waals surface area contributed by atoms with Crippen molar-refractivity contribution in [3.8, 4) is 18.1 Å². The molecule has 2 rings (SSSR count). The van der Waals surface area contributed by atoms with Crippen molar-refractivity contribution in [2.75, 3.05) is 7.11 Å². The third-order valence-electron chi connectivity index (χ3n) is 2.15. The van der Waals surface area contributed by atoms with Gasteiger partial charge in [-0.25, -0.2) is 0 Å². The topological polar surface area (TPSA) is 38.0 Å². The van der Waals surface area contributed by atoms with Crippen LogP contribution in [0.3, 0.4) is 0 Å². The zero-order chi connectivity index (χ0) is 10.8. The second kappa shape index (κ2) is 3.79. The van der Waals surface area contributed by atoms with Crippen molar-refractivity contribution >= 4 is 21.6 Å². The predicted molar refractivity (Wildman–Crippen MR) is 61.1 cm³/mol. The standard InChI is InChI=1S/C11H10N2OS/c1-3-7-13-10-8(14-2)5-4-6-9(10)15-11(13)12/h1,4-6,12H,7H2,2H3. The van der Waals surface area contributed by atoms with Gasteiger partial charge in [0.15, 0.2) is 4.80 Å². The van der Waals surface area contributed by atoms with Gasteiger partial charge in [0.25, 0.3) is 0 Å². The number of fused-ring (bicyclic) bond motifs is 1. The third-order valence-corrected chi connectivity index (χ3v) is 3.12. The maximum absolute atomic E-state index is 7.80. The predicted octanol–water partition coefficient (Wildman–Crippen LogP) is 1.82. The van der Waals surface area contributed by atoms with Crippen LogP contribution in [0.5, 0.6) is 5.75 Å². The van der Waals surface area contributed by atoms with Crippen molar-refractivity contribution in [3.05, 3.63) is 23.0 Å². The van der Waals surface area contributed by atoms with Gasteiger partial charge in [-0.3, -0.25) is 5.41 Å². The van der Waals surface area contributed by atoms with Crippen LogP contribution in [0, 0.1) is 17.8 Å². The molecule has 1 aromatic carbocycles. The summed E-state index contributed by atoms with van der Waals surface area (Å²) in [5.74, 6) is 3.31. The number of terminal acetylenes is 1. The average molecular weight is 218 g/mol. The number of aromatic nitrogens is 1. The van der Waals surface area contributed by atoms with Gasteiger partial charge in [-0.15, -0.1) is 6.42 Å². The number of rotatable bonds is 2. The van der Waals surface area contributed by atoms with Crippen molar-refractivity contribution in [1.29, 1.82) is 5.41 Å². The molecule has 1 N–H and O–H groups in total. The van der Waals surface area contributed by atoms with E-state index in [1.807, 2.05) is 18.2 Å². The highest BCUT2D eigenvalue weighted by Gasteiger charge is 2.08. The van der Waals surface area contributed by atoms with Gasteiger partial charge in [0.05, 0.1) is 18.4 Å². The van der Waals surface area contributed by atoms with Crippen LogP contribution in [0.1, 0.15) is 0 Å². The largest absolute Gasteiger partial charge is 0.495 e. The summed E-state index contributed by atoms with van der Waals surface area (Å²) in [4.78, 5) is 0.451. The summed E-state index contributed by atoms with van der Waals surface area (Å²) >= 11 is 1.40. The number of para-hydroxylation sites is 1. The smallest absolute Gasteiger partial charge is 0.183 e. The Morgan fingerprint density at radius 3 is 3.07 bits per heavy atom. The van der Waals surface area contributed by atoms with Gasteiger partial charge in [0.2, 0.25) is 0 Å². The van der Waals surface area contributed by atoms with Crippen molar-refractivity contribution in [2.24, 2.45) is 0 Å². The molecule has 0 atom stereocenters. The minimum atomic E-state index is 0.402. The van der Waals surface area contributed by atoms with E-state index in [4.69, 9.17) is 16.6 Å². The van der Waals surface area contributed by atoms with Crippen LogP contribution in [-0.4, -0.2) is 11.7 Å². The molecule has 0 saturated heterocycles. The first-order chi connectivity index (χ1) is 7.27. The summed E-state index contributed by atoms with van der Waals surface area (Å²) in [7, 11) is 1.62. The van der Waals surface area contributed by atoms with E-state index in [1.54, 1.807) is 11.7 Å². The second-order valence-electron chi connectivity index (χ2n) is 3.00. The van der Waals surface area contributed by atoms with Crippen molar-refractivity contribution in [1.82, 2.24) is 4.57 Å². The molecule has 0 spiro atoms. The minimum absolute atomic E-state index is 0.402. The van der Waals surface area contributed by atoms with E-state index in [2.05, 4.69) is 5.92 Å². The molecule has 0 amide bonds. The molecule has 76 valence electrons. The number of hydrogen-bond acceptors (Lipinski definition) is 3. The van der Waals surface area contributed by atoms with Crippen LogP contribution in [0.2, 0.25) is 0 Å². The van der Waals surface area contributed by atoms with Gasteiger partial charge in [-0.2, -0.15) is 0 Å². The lowest BCUT2D eigenvalue weighted by atomic mass is 10.3. The highest BCUT2D eigenvalue weighted by molar-refractivity contribution is 7.16. The Morgan fingerprint density at radius 2 is 2.40 bits per heavy atom. The van der Waals surface area contributed by atoms with Crippen LogP contribution in [0.4, 0.5) is 0 Å². The summed E-state index contributed by atoms with van der Waals surface area (Å²) in [6, 6.07) is 5.76. The lowest BCUT2D eigenvalue weighted by molar-refractivity contribution is 0.417. The Morgan fingerprint density at radius 1 is 1.60 bits per heavy atom. The maximum Gasteiger partial charge on any atom is 0.183 e. The number of methoxy groups -OCH3 is 1. The molecule has 0 bridgehead atoms. The quantitative estimate of drug-likeness (QED) is 0.767. The maximum atomic E-state index is 7.80. The van der Waals surface area contributed by atoms with Gasteiger partial charge in [0, 0.05) is 0 Å². The molecule has 0 fully saturated rings. The molecule has 2 aromatic rings. The SMILES string of the molecule is C#CCn1c(=N)sc2cccc(OC)c21. The normalized spacial score (nSPS) is 10.1. The van der Waals surface area contributed by atoms with Crippen molar-refractivity contribution in [3.63, 3.8) is 0 Å². The van der Waals surface area contributed by atoms with E-state index < -0.39 is 0 Å². The van der Waals surface area contributed by atoms with E-state index in [9.17, 15) is 0 Å². The summed E-state index contributed by atoms with van der Waals surface area (Å²) < 4.78 is 8.06. The van der Waals surface area contributed by atoms with Gasteiger partial charge in [-0.1, -0.05) is 23.3 Å². The fraction of sp³-hybridized carbons (Fsp3) is 0.182. The number of nitrogens with zero attached hydrogens (tertiary/aromatic N) is 1. The molecule has 0 aliphatic heterocycles. The van der Waals surface area contributed by atoms with Gasteiger partial charge >= 0.3 is 0 Å². The summed E-state index contributed by atoms with van der Waals surface area (Å²) in [6.45, 7) is 0.402. The lowest BCUT2D eigenvalue weighted by Crippen LogP contribution is -2.12. The van der Waals surface area contributed by atoms with Crippen LogP contribution in [-0.2, 0) is 6.54 Å². The number of ether oxygens (including phenoxy) is 1. The third kappa shape index (κ3) is 1.51. The second-order valence-corrected chi connectivity index (χ2v) is 4.04. The van der Waals surface area contributed by atoms with E-state index in [1.165, 1.54) is 11.3 Å². The van der Waals surface area contributed by atoms with Crippen LogP contribution in [0.25, 0.3) is 10.2 Å². The van der Waals surface area contributed by atoms with Crippen LogP contribution >= 0.6 is 11.3 Å².